The standard InChI is InChI=1S/C19H21F2NO2/c1-13(2)22(12-15-7-5-4-6-8-15)19(23)14(3)24-16-9-10-17(20)18(21)11-16/h4-11,13-14H,12H2,1-3H3. The number of carbonyl (C=O) groups is 1. The van der Waals surface area contributed by atoms with E-state index in [1.54, 1.807) is 11.8 Å². The third-order valence-corrected chi connectivity index (χ3v) is 3.65. The van der Waals surface area contributed by atoms with Crippen molar-refractivity contribution in [2.24, 2.45) is 0 Å². The van der Waals surface area contributed by atoms with Gasteiger partial charge < -0.3 is 9.64 Å². The summed E-state index contributed by atoms with van der Waals surface area (Å²) in [6.45, 7) is 5.91. The molecule has 0 aliphatic carbocycles. The summed E-state index contributed by atoms with van der Waals surface area (Å²) in [6.07, 6.45) is -0.805. The van der Waals surface area contributed by atoms with Gasteiger partial charge in [-0.3, -0.25) is 4.79 Å². The summed E-state index contributed by atoms with van der Waals surface area (Å²) in [7, 11) is 0. The van der Waals surface area contributed by atoms with Crippen molar-refractivity contribution in [2.75, 3.05) is 0 Å². The van der Waals surface area contributed by atoms with E-state index in [2.05, 4.69) is 0 Å². The number of carbonyl (C=O) groups excluding carboxylic acids is 1. The Morgan fingerprint density at radius 3 is 2.29 bits per heavy atom. The van der Waals surface area contributed by atoms with E-state index in [1.165, 1.54) is 6.07 Å². The minimum atomic E-state index is -1.00. The second-order valence-electron chi connectivity index (χ2n) is 5.88. The molecule has 5 heteroatoms. The predicted octanol–water partition coefficient (Wildman–Crippen LogP) is 4.17. The average Bonchev–Trinajstić information content (AvgIpc) is 2.56. The molecule has 24 heavy (non-hydrogen) atoms. The van der Waals surface area contributed by atoms with Crippen LogP contribution >= 0.6 is 0 Å². The van der Waals surface area contributed by atoms with Gasteiger partial charge in [0, 0.05) is 18.7 Å². The van der Waals surface area contributed by atoms with E-state index in [9.17, 15) is 13.6 Å². The Labute approximate surface area is 140 Å². The maximum atomic E-state index is 13.3. The van der Waals surface area contributed by atoms with Gasteiger partial charge in [0.2, 0.25) is 0 Å². The fourth-order valence-electron chi connectivity index (χ4n) is 2.33. The molecule has 1 unspecified atom stereocenters. The molecule has 0 aliphatic heterocycles. The first-order chi connectivity index (χ1) is 11.4. The topological polar surface area (TPSA) is 29.5 Å². The zero-order chi connectivity index (χ0) is 17.7. The van der Waals surface area contributed by atoms with Crippen LogP contribution in [0.1, 0.15) is 26.3 Å². The monoisotopic (exact) mass is 333 g/mol. The summed E-state index contributed by atoms with van der Waals surface area (Å²) in [5.41, 5.74) is 1.01. The van der Waals surface area contributed by atoms with Crippen LogP contribution in [0.2, 0.25) is 0 Å². The molecule has 0 saturated heterocycles. The molecule has 0 radical (unpaired) electrons. The lowest BCUT2D eigenvalue weighted by molar-refractivity contribution is -0.140. The molecule has 0 heterocycles. The zero-order valence-electron chi connectivity index (χ0n) is 14.0. The normalized spacial score (nSPS) is 12.1. The highest BCUT2D eigenvalue weighted by molar-refractivity contribution is 5.81. The van der Waals surface area contributed by atoms with Crippen LogP contribution in [-0.4, -0.2) is 23.0 Å². The van der Waals surface area contributed by atoms with Crippen molar-refractivity contribution in [3.8, 4) is 5.75 Å². The molecule has 128 valence electrons. The lowest BCUT2D eigenvalue weighted by Crippen LogP contribution is -2.43. The Hall–Kier alpha value is -2.43. The molecular formula is C19H21F2NO2. The largest absolute Gasteiger partial charge is 0.481 e. The van der Waals surface area contributed by atoms with E-state index in [0.717, 1.165) is 17.7 Å². The Balaban J connectivity index is 2.09. The summed E-state index contributed by atoms with van der Waals surface area (Å²) in [5.74, 6) is -2.04. The molecule has 3 nitrogen and oxygen atoms in total. The van der Waals surface area contributed by atoms with Gasteiger partial charge in [-0.1, -0.05) is 30.3 Å². The van der Waals surface area contributed by atoms with Crippen LogP contribution in [0.25, 0.3) is 0 Å². The van der Waals surface area contributed by atoms with Gasteiger partial charge in [0.1, 0.15) is 5.75 Å². The third-order valence-electron chi connectivity index (χ3n) is 3.65. The van der Waals surface area contributed by atoms with E-state index in [1.807, 2.05) is 44.2 Å². The van der Waals surface area contributed by atoms with Crippen molar-refractivity contribution >= 4 is 5.91 Å². The number of hydrogen-bond acceptors (Lipinski definition) is 2. The maximum absolute atomic E-state index is 13.3. The molecule has 0 N–H and O–H groups in total. The minimum absolute atomic E-state index is 0.0197. The summed E-state index contributed by atoms with van der Waals surface area (Å²) in [6, 6.07) is 12.8. The third kappa shape index (κ3) is 4.54. The van der Waals surface area contributed by atoms with Crippen molar-refractivity contribution in [2.45, 2.75) is 39.5 Å². The van der Waals surface area contributed by atoms with Crippen LogP contribution < -0.4 is 4.74 Å². The van der Waals surface area contributed by atoms with Crippen LogP contribution in [0.3, 0.4) is 0 Å². The first-order valence-electron chi connectivity index (χ1n) is 7.84. The average molecular weight is 333 g/mol. The molecule has 1 amide bonds. The van der Waals surface area contributed by atoms with Crippen LogP contribution in [0, 0.1) is 11.6 Å². The lowest BCUT2D eigenvalue weighted by Gasteiger charge is -2.29. The molecule has 2 rings (SSSR count). The van der Waals surface area contributed by atoms with Gasteiger partial charge in [-0.15, -0.1) is 0 Å². The van der Waals surface area contributed by atoms with Gasteiger partial charge in [0.15, 0.2) is 17.7 Å². The lowest BCUT2D eigenvalue weighted by atomic mass is 10.1. The number of amides is 1. The van der Waals surface area contributed by atoms with Gasteiger partial charge in [0.05, 0.1) is 0 Å². The summed E-state index contributed by atoms with van der Waals surface area (Å²) in [4.78, 5) is 14.4. The Bertz CT molecular complexity index is 689. The Morgan fingerprint density at radius 2 is 1.71 bits per heavy atom. The fourth-order valence-corrected chi connectivity index (χ4v) is 2.33. The molecule has 0 aliphatic rings. The van der Waals surface area contributed by atoms with Crippen LogP contribution in [0.5, 0.6) is 5.75 Å². The maximum Gasteiger partial charge on any atom is 0.263 e. The van der Waals surface area contributed by atoms with E-state index in [-0.39, 0.29) is 17.7 Å². The molecule has 0 fully saturated rings. The van der Waals surface area contributed by atoms with Gasteiger partial charge in [0.25, 0.3) is 5.91 Å². The fraction of sp³-hybridized carbons (Fsp3) is 0.316. The quantitative estimate of drug-likeness (QED) is 0.794. The number of benzene rings is 2. The Kier molecular flexibility index (Phi) is 5.90. The van der Waals surface area contributed by atoms with E-state index >= 15 is 0 Å². The molecule has 0 bridgehead atoms. The van der Waals surface area contributed by atoms with Crippen LogP contribution in [-0.2, 0) is 11.3 Å². The van der Waals surface area contributed by atoms with Crippen molar-refractivity contribution in [1.29, 1.82) is 0 Å². The van der Waals surface area contributed by atoms with Crippen molar-refractivity contribution < 1.29 is 18.3 Å². The molecular weight excluding hydrogens is 312 g/mol. The van der Waals surface area contributed by atoms with Gasteiger partial charge >= 0.3 is 0 Å². The number of rotatable bonds is 6. The first-order valence-corrected chi connectivity index (χ1v) is 7.84. The van der Waals surface area contributed by atoms with E-state index in [4.69, 9.17) is 4.74 Å². The van der Waals surface area contributed by atoms with Crippen molar-refractivity contribution in [1.82, 2.24) is 4.90 Å². The molecule has 0 saturated carbocycles. The van der Waals surface area contributed by atoms with Crippen LogP contribution in [0.4, 0.5) is 8.78 Å². The summed E-state index contributed by atoms with van der Waals surface area (Å²) < 4.78 is 31.7. The minimum Gasteiger partial charge on any atom is -0.481 e. The zero-order valence-corrected chi connectivity index (χ0v) is 14.0. The second-order valence-corrected chi connectivity index (χ2v) is 5.88. The van der Waals surface area contributed by atoms with E-state index in [0.29, 0.717) is 6.54 Å². The van der Waals surface area contributed by atoms with Gasteiger partial charge in [-0.25, -0.2) is 8.78 Å². The first kappa shape index (κ1) is 17.9. The molecule has 0 spiro atoms. The molecule has 2 aromatic rings. The Morgan fingerprint density at radius 1 is 1.04 bits per heavy atom. The number of ether oxygens (including phenoxy) is 1. The highest BCUT2D eigenvalue weighted by Crippen LogP contribution is 2.18. The molecule has 2 aromatic carbocycles. The molecule has 1 atom stereocenters. The van der Waals surface area contributed by atoms with Gasteiger partial charge in [-0.2, -0.15) is 0 Å². The predicted molar refractivity (Wildman–Crippen MR) is 88.6 cm³/mol. The number of hydrogen-bond donors (Lipinski definition) is 0. The second kappa shape index (κ2) is 7.90. The van der Waals surface area contributed by atoms with E-state index < -0.39 is 17.7 Å². The summed E-state index contributed by atoms with van der Waals surface area (Å²) >= 11 is 0. The van der Waals surface area contributed by atoms with Gasteiger partial charge in [-0.05, 0) is 38.5 Å². The highest BCUT2D eigenvalue weighted by Gasteiger charge is 2.24. The molecule has 0 aromatic heterocycles. The van der Waals surface area contributed by atoms with Crippen molar-refractivity contribution in [3.63, 3.8) is 0 Å². The SMILES string of the molecule is CC(Oc1ccc(F)c(F)c1)C(=O)N(Cc1ccccc1)C(C)C. The smallest absolute Gasteiger partial charge is 0.263 e. The highest BCUT2D eigenvalue weighted by atomic mass is 19.2. The van der Waals surface area contributed by atoms with Crippen LogP contribution in [0.15, 0.2) is 48.5 Å². The van der Waals surface area contributed by atoms with Crippen molar-refractivity contribution in [3.05, 3.63) is 65.7 Å². The number of nitrogens with zero attached hydrogens (tertiary/aromatic N) is 1. The summed E-state index contributed by atoms with van der Waals surface area (Å²) in [5, 5.41) is 0. The number of halogens is 2.